The molecular weight excluding hydrogens is 190 g/mol. The van der Waals surface area contributed by atoms with Gasteiger partial charge in [0.2, 0.25) is 0 Å². The molecule has 14 heavy (non-hydrogen) atoms. The zero-order chi connectivity index (χ0) is 9.80. The van der Waals surface area contributed by atoms with Gasteiger partial charge in [-0.05, 0) is 30.7 Å². The summed E-state index contributed by atoms with van der Waals surface area (Å²) in [6.07, 6.45) is 1.89. The van der Waals surface area contributed by atoms with Crippen LogP contribution in [-0.4, -0.2) is 4.98 Å². The van der Waals surface area contributed by atoms with E-state index in [0.717, 1.165) is 5.03 Å². The van der Waals surface area contributed by atoms with Crippen molar-refractivity contribution in [3.8, 4) is 0 Å². The fraction of sp³-hybridized carbons (Fsp3) is 0.0833. The Morgan fingerprint density at radius 1 is 1.00 bits per heavy atom. The van der Waals surface area contributed by atoms with Gasteiger partial charge in [-0.1, -0.05) is 36.0 Å². The molecule has 0 spiro atoms. The minimum atomic E-state index is 1.04. The van der Waals surface area contributed by atoms with E-state index in [9.17, 15) is 0 Å². The summed E-state index contributed by atoms with van der Waals surface area (Å²) in [5.74, 6) is 0. The predicted molar refractivity (Wildman–Crippen MR) is 59.5 cm³/mol. The number of aryl methyl sites for hydroxylation is 1. The molecule has 70 valence electrons. The van der Waals surface area contributed by atoms with Gasteiger partial charge in [0.25, 0.3) is 0 Å². The Morgan fingerprint density at radius 2 is 1.79 bits per heavy atom. The standard InChI is InChI=1S/C12H11NS/c1-10-7-8-12(13-9-10)14-11-5-3-2-4-6-11/h2-9H,1H3. The summed E-state index contributed by atoms with van der Waals surface area (Å²) >= 11 is 1.69. The smallest absolute Gasteiger partial charge is 0.101 e. The van der Waals surface area contributed by atoms with Gasteiger partial charge in [-0.25, -0.2) is 4.98 Å². The third-order valence-corrected chi connectivity index (χ3v) is 2.81. The normalized spacial score (nSPS) is 10.1. The van der Waals surface area contributed by atoms with Crippen LogP contribution in [0, 0.1) is 6.92 Å². The molecule has 0 bridgehead atoms. The van der Waals surface area contributed by atoms with Crippen LogP contribution in [0.25, 0.3) is 0 Å². The molecule has 2 rings (SSSR count). The quantitative estimate of drug-likeness (QED) is 0.737. The summed E-state index contributed by atoms with van der Waals surface area (Å²) in [6.45, 7) is 2.05. The van der Waals surface area contributed by atoms with Crippen molar-refractivity contribution in [2.75, 3.05) is 0 Å². The number of rotatable bonds is 2. The van der Waals surface area contributed by atoms with Crippen molar-refractivity contribution < 1.29 is 0 Å². The van der Waals surface area contributed by atoms with Crippen molar-refractivity contribution in [1.29, 1.82) is 0 Å². The second-order valence-electron chi connectivity index (χ2n) is 3.09. The van der Waals surface area contributed by atoms with Crippen LogP contribution in [0.5, 0.6) is 0 Å². The zero-order valence-electron chi connectivity index (χ0n) is 7.97. The molecule has 0 saturated carbocycles. The first-order valence-corrected chi connectivity index (χ1v) is 5.32. The van der Waals surface area contributed by atoms with Crippen molar-refractivity contribution >= 4 is 11.8 Å². The van der Waals surface area contributed by atoms with Crippen molar-refractivity contribution in [1.82, 2.24) is 4.98 Å². The van der Waals surface area contributed by atoms with Gasteiger partial charge in [0.05, 0.1) is 0 Å². The molecule has 0 aliphatic carbocycles. The first kappa shape index (κ1) is 9.28. The van der Waals surface area contributed by atoms with Crippen LogP contribution in [0.1, 0.15) is 5.56 Å². The number of hydrogen-bond acceptors (Lipinski definition) is 2. The first-order valence-electron chi connectivity index (χ1n) is 4.50. The van der Waals surface area contributed by atoms with E-state index in [1.165, 1.54) is 10.5 Å². The van der Waals surface area contributed by atoms with E-state index in [4.69, 9.17) is 0 Å². The van der Waals surface area contributed by atoms with E-state index in [1.54, 1.807) is 11.8 Å². The lowest BCUT2D eigenvalue weighted by Crippen LogP contribution is -1.80. The fourth-order valence-corrected chi connectivity index (χ4v) is 1.90. The Balaban J connectivity index is 2.16. The minimum absolute atomic E-state index is 1.04. The van der Waals surface area contributed by atoms with Crippen LogP contribution in [0.15, 0.2) is 58.6 Å². The van der Waals surface area contributed by atoms with E-state index < -0.39 is 0 Å². The third kappa shape index (κ3) is 2.36. The largest absolute Gasteiger partial charge is 0.249 e. The Morgan fingerprint density at radius 3 is 2.43 bits per heavy atom. The maximum absolute atomic E-state index is 4.34. The molecule has 0 fully saturated rings. The van der Waals surface area contributed by atoms with Gasteiger partial charge in [0.1, 0.15) is 5.03 Å². The van der Waals surface area contributed by atoms with E-state index in [2.05, 4.69) is 23.2 Å². The Bertz CT molecular complexity index is 394. The number of hydrogen-bond donors (Lipinski definition) is 0. The summed E-state index contributed by atoms with van der Waals surface area (Å²) in [6, 6.07) is 14.4. The van der Waals surface area contributed by atoms with Gasteiger partial charge in [0.15, 0.2) is 0 Å². The lowest BCUT2D eigenvalue weighted by atomic mass is 10.3. The molecule has 0 saturated heterocycles. The molecule has 1 nitrogen and oxygen atoms in total. The highest BCUT2D eigenvalue weighted by Crippen LogP contribution is 2.24. The number of benzene rings is 1. The minimum Gasteiger partial charge on any atom is -0.249 e. The highest BCUT2D eigenvalue weighted by atomic mass is 32.2. The lowest BCUT2D eigenvalue weighted by molar-refractivity contribution is 1.11. The van der Waals surface area contributed by atoms with Crippen LogP contribution in [0.2, 0.25) is 0 Å². The van der Waals surface area contributed by atoms with E-state index in [1.807, 2.05) is 37.4 Å². The molecule has 0 radical (unpaired) electrons. The molecule has 1 aromatic carbocycles. The Kier molecular flexibility index (Phi) is 2.84. The second kappa shape index (κ2) is 4.29. The SMILES string of the molecule is Cc1ccc(Sc2ccccc2)nc1. The van der Waals surface area contributed by atoms with Gasteiger partial charge in [0, 0.05) is 11.1 Å². The fourth-order valence-electron chi connectivity index (χ4n) is 1.12. The van der Waals surface area contributed by atoms with Crippen LogP contribution >= 0.6 is 11.8 Å². The molecule has 0 N–H and O–H groups in total. The van der Waals surface area contributed by atoms with Crippen molar-refractivity contribution in [3.05, 3.63) is 54.2 Å². The maximum atomic E-state index is 4.34. The number of aromatic nitrogens is 1. The Hall–Kier alpha value is -1.28. The third-order valence-electron chi connectivity index (χ3n) is 1.85. The van der Waals surface area contributed by atoms with Gasteiger partial charge >= 0.3 is 0 Å². The van der Waals surface area contributed by atoms with E-state index in [-0.39, 0.29) is 0 Å². The van der Waals surface area contributed by atoms with Gasteiger partial charge in [-0.2, -0.15) is 0 Å². The molecular formula is C12H11NS. The molecule has 0 atom stereocenters. The van der Waals surface area contributed by atoms with E-state index in [0.29, 0.717) is 0 Å². The molecule has 0 aliphatic heterocycles. The molecule has 1 aromatic heterocycles. The highest BCUT2D eigenvalue weighted by molar-refractivity contribution is 7.99. The lowest BCUT2D eigenvalue weighted by Gasteiger charge is -2.00. The highest BCUT2D eigenvalue weighted by Gasteiger charge is 1.96. The average Bonchev–Trinajstić information content (AvgIpc) is 2.23. The predicted octanol–water partition coefficient (Wildman–Crippen LogP) is 3.54. The number of pyridine rings is 1. The van der Waals surface area contributed by atoms with E-state index >= 15 is 0 Å². The first-order chi connectivity index (χ1) is 6.84. The van der Waals surface area contributed by atoms with Gasteiger partial charge in [-0.15, -0.1) is 0 Å². The molecule has 0 amide bonds. The van der Waals surface area contributed by atoms with Crippen molar-refractivity contribution in [2.45, 2.75) is 16.8 Å². The summed E-state index contributed by atoms with van der Waals surface area (Å²) < 4.78 is 0. The van der Waals surface area contributed by atoms with Crippen LogP contribution in [-0.2, 0) is 0 Å². The Labute approximate surface area is 88.2 Å². The molecule has 2 heteroatoms. The van der Waals surface area contributed by atoms with Gasteiger partial charge < -0.3 is 0 Å². The van der Waals surface area contributed by atoms with Crippen LogP contribution < -0.4 is 0 Å². The summed E-state index contributed by atoms with van der Waals surface area (Å²) in [7, 11) is 0. The van der Waals surface area contributed by atoms with Crippen LogP contribution in [0.4, 0.5) is 0 Å². The second-order valence-corrected chi connectivity index (χ2v) is 4.18. The number of nitrogens with zero attached hydrogens (tertiary/aromatic N) is 1. The molecule has 0 unspecified atom stereocenters. The van der Waals surface area contributed by atoms with Crippen molar-refractivity contribution in [2.24, 2.45) is 0 Å². The molecule has 0 aliphatic rings. The van der Waals surface area contributed by atoms with Gasteiger partial charge in [-0.3, -0.25) is 0 Å². The maximum Gasteiger partial charge on any atom is 0.101 e. The topological polar surface area (TPSA) is 12.9 Å². The monoisotopic (exact) mass is 201 g/mol. The summed E-state index contributed by atoms with van der Waals surface area (Å²) in [4.78, 5) is 5.56. The zero-order valence-corrected chi connectivity index (χ0v) is 8.79. The van der Waals surface area contributed by atoms with Crippen LogP contribution in [0.3, 0.4) is 0 Å². The average molecular weight is 201 g/mol. The molecule has 1 heterocycles. The summed E-state index contributed by atoms with van der Waals surface area (Å²) in [5, 5.41) is 1.04. The summed E-state index contributed by atoms with van der Waals surface area (Å²) in [5.41, 5.74) is 1.20. The molecule has 2 aromatic rings. The van der Waals surface area contributed by atoms with Crippen molar-refractivity contribution in [3.63, 3.8) is 0 Å².